The van der Waals surface area contributed by atoms with Gasteiger partial charge in [0.05, 0.1) is 27.8 Å². The predicted molar refractivity (Wildman–Crippen MR) is 240 cm³/mol. The van der Waals surface area contributed by atoms with Crippen LogP contribution in [0.5, 0.6) is 0 Å². The maximum atomic E-state index is 6.52. The van der Waals surface area contributed by atoms with Crippen molar-refractivity contribution in [3.05, 3.63) is 200 Å². The molecule has 12 rings (SSSR count). The molecule has 0 unspecified atom stereocenters. The topological polar surface area (TPSA) is 43.9 Å². The smallest absolute Gasteiger partial charge is 0.231 e. The lowest BCUT2D eigenvalue weighted by Gasteiger charge is -2.15. The van der Waals surface area contributed by atoms with Gasteiger partial charge in [0.15, 0.2) is 5.82 Å². The van der Waals surface area contributed by atoms with Crippen molar-refractivity contribution in [1.29, 1.82) is 0 Å². The summed E-state index contributed by atoms with van der Waals surface area (Å²) in [4.78, 5) is 10.1. The molecule has 0 aliphatic carbocycles. The average molecular weight is 740 g/mol. The van der Waals surface area contributed by atoms with Crippen LogP contribution in [-0.2, 0) is 0 Å². The van der Waals surface area contributed by atoms with Crippen LogP contribution in [-0.4, -0.2) is 14.5 Å². The molecular weight excluding hydrogens is 707 g/mol. The SMILES string of the molecule is c1ccc(-c2ccc3c(c2)c2cc4ccccc4cc2n3-c2ccc(-c3ccc4oc5nc(-c6ccccc6)nc(-c6ccccc6)c5c4c3)c3ccccc23)cc1. The van der Waals surface area contributed by atoms with Gasteiger partial charge in [0.25, 0.3) is 0 Å². The number of rotatable bonds is 5. The molecule has 3 heterocycles. The fraction of sp³-hybridized carbons (Fsp3) is 0. The molecule has 0 aliphatic rings. The Kier molecular flexibility index (Phi) is 7.20. The third-order valence-electron chi connectivity index (χ3n) is 11.6. The molecule has 12 aromatic rings. The van der Waals surface area contributed by atoms with E-state index < -0.39 is 0 Å². The monoisotopic (exact) mass is 739 g/mol. The summed E-state index contributed by atoms with van der Waals surface area (Å²) in [5.41, 5.74) is 12.4. The molecule has 0 saturated heterocycles. The molecular formula is C54H33N3O. The lowest BCUT2D eigenvalue weighted by atomic mass is 9.95. The second-order valence-corrected chi connectivity index (χ2v) is 14.9. The van der Waals surface area contributed by atoms with Crippen LogP contribution in [0.1, 0.15) is 0 Å². The molecule has 4 heteroatoms. The number of hydrogen-bond donors (Lipinski definition) is 0. The minimum atomic E-state index is 0.578. The number of aromatic nitrogens is 3. The lowest BCUT2D eigenvalue weighted by molar-refractivity contribution is 0.653. The van der Waals surface area contributed by atoms with E-state index in [-0.39, 0.29) is 0 Å². The fourth-order valence-electron chi connectivity index (χ4n) is 8.87. The summed E-state index contributed by atoms with van der Waals surface area (Å²) in [5, 5.41) is 9.19. The van der Waals surface area contributed by atoms with Crippen molar-refractivity contribution in [2.24, 2.45) is 0 Å². The van der Waals surface area contributed by atoms with E-state index in [1.807, 2.05) is 36.4 Å². The Labute approximate surface area is 333 Å². The van der Waals surface area contributed by atoms with Gasteiger partial charge in [0, 0.05) is 32.7 Å². The van der Waals surface area contributed by atoms with Crippen molar-refractivity contribution in [2.45, 2.75) is 0 Å². The Morgan fingerprint density at radius 2 is 1.00 bits per heavy atom. The lowest BCUT2D eigenvalue weighted by Crippen LogP contribution is -1.96. The Bertz CT molecular complexity index is 3550. The van der Waals surface area contributed by atoms with Gasteiger partial charge in [-0.25, -0.2) is 4.98 Å². The van der Waals surface area contributed by atoms with Crippen LogP contribution in [0.3, 0.4) is 0 Å². The number of nitrogens with zero attached hydrogens (tertiary/aromatic N) is 3. The van der Waals surface area contributed by atoms with Crippen LogP contribution < -0.4 is 0 Å². The zero-order valence-electron chi connectivity index (χ0n) is 31.3. The molecule has 58 heavy (non-hydrogen) atoms. The van der Waals surface area contributed by atoms with E-state index in [4.69, 9.17) is 14.4 Å². The van der Waals surface area contributed by atoms with E-state index in [2.05, 4.69) is 168 Å². The maximum absolute atomic E-state index is 6.52. The summed E-state index contributed by atoms with van der Waals surface area (Å²) in [6.45, 7) is 0. The van der Waals surface area contributed by atoms with Crippen molar-refractivity contribution in [3.63, 3.8) is 0 Å². The number of benzene rings is 9. The van der Waals surface area contributed by atoms with Crippen LogP contribution in [0, 0.1) is 0 Å². The van der Waals surface area contributed by atoms with Crippen molar-refractivity contribution < 1.29 is 4.42 Å². The largest absolute Gasteiger partial charge is 0.438 e. The Hall–Kier alpha value is -7.82. The Morgan fingerprint density at radius 3 is 1.78 bits per heavy atom. The van der Waals surface area contributed by atoms with Gasteiger partial charge in [-0.15, -0.1) is 0 Å². The van der Waals surface area contributed by atoms with Crippen molar-refractivity contribution >= 4 is 65.4 Å². The summed E-state index contributed by atoms with van der Waals surface area (Å²) in [6, 6.07) is 71.2. The zero-order chi connectivity index (χ0) is 38.2. The molecule has 0 fully saturated rings. The van der Waals surface area contributed by atoms with Crippen LogP contribution in [0.4, 0.5) is 0 Å². The van der Waals surface area contributed by atoms with Crippen molar-refractivity contribution in [3.8, 4) is 50.6 Å². The second kappa shape index (κ2) is 12.9. The third kappa shape index (κ3) is 5.09. The number of fused-ring (bicyclic) bond motifs is 8. The molecule has 0 N–H and O–H groups in total. The van der Waals surface area contributed by atoms with Gasteiger partial charge >= 0.3 is 0 Å². The highest BCUT2D eigenvalue weighted by atomic mass is 16.3. The molecule has 0 saturated carbocycles. The van der Waals surface area contributed by atoms with Gasteiger partial charge in [-0.05, 0) is 80.9 Å². The molecule has 0 radical (unpaired) electrons. The minimum absolute atomic E-state index is 0.578. The van der Waals surface area contributed by atoms with E-state index in [0.717, 1.165) is 50.0 Å². The van der Waals surface area contributed by atoms with Crippen LogP contribution in [0.2, 0.25) is 0 Å². The highest BCUT2D eigenvalue weighted by Crippen LogP contribution is 2.43. The van der Waals surface area contributed by atoms with E-state index in [1.54, 1.807) is 0 Å². The zero-order valence-corrected chi connectivity index (χ0v) is 31.3. The Balaban J connectivity index is 1.08. The summed E-state index contributed by atoms with van der Waals surface area (Å²) >= 11 is 0. The normalized spacial score (nSPS) is 11.8. The fourth-order valence-corrected chi connectivity index (χ4v) is 8.87. The number of furan rings is 1. The average Bonchev–Trinajstić information content (AvgIpc) is 3.82. The van der Waals surface area contributed by atoms with Crippen molar-refractivity contribution in [1.82, 2.24) is 14.5 Å². The van der Waals surface area contributed by atoms with Gasteiger partial charge in [0.1, 0.15) is 5.58 Å². The van der Waals surface area contributed by atoms with Crippen molar-refractivity contribution in [2.75, 3.05) is 0 Å². The summed E-state index contributed by atoms with van der Waals surface area (Å²) in [7, 11) is 0. The summed E-state index contributed by atoms with van der Waals surface area (Å²) in [6.07, 6.45) is 0. The van der Waals surface area contributed by atoms with E-state index >= 15 is 0 Å². The molecule has 0 bridgehead atoms. The summed E-state index contributed by atoms with van der Waals surface area (Å²) < 4.78 is 8.97. The van der Waals surface area contributed by atoms with Crippen LogP contribution >= 0.6 is 0 Å². The van der Waals surface area contributed by atoms with Gasteiger partial charge in [-0.2, -0.15) is 4.98 Å². The molecule has 9 aromatic carbocycles. The first kappa shape index (κ1) is 32.4. The molecule has 270 valence electrons. The van der Waals surface area contributed by atoms with Gasteiger partial charge < -0.3 is 8.98 Å². The second-order valence-electron chi connectivity index (χ2n) is 14.9. The van der Waals surface area contributed by atoms with Gasteiger partial charge in [-0.1, -0.05) is 158 Å². The van der Waals surface area contributed by atoms with Crippen LogP contribution in [0.15, 0.2) is 205 Å². The third-order valence-corrected chi connectivity index (χ3v) is 11.6. The first-order chi connectivity index (χ1) is 28.7. The first-order valence-electron chi connectivity index (χ1n) is 19.7. The van der Waals surface area contributed by atoms with Crippen LogP contribution in [0.25, 0.3) is 116 Å². The minimum Gasteiger partial charge on any atom is -0.438 e. The Morgan fingerprint density at radius 1 is 0.379 bits per heavy atom. The quantitative estimate of drug-likeness (QED) is 0.177. The van der Waals surface area contributed by atoms with Gasteiger partial charge in [0.2, 0.25) is 5.71 Å². The highest BCUT2D eigenvalue weighted by molar-refractivity contribution is 6.16. The van der Waals surface area contributed by atoms with E-state index in [9.17, 15) is 0 Å². The predicted octanol–water partition coefficient (Wildman–Crippen LogP) is 14.4. The maximum Gasteiger partial charge on any atom is 0.231 e. The number of hydrogen-bond acceptors (Lipinski definition) is 3. The van der Waals surface area contributed by atoms with E-state index in [0.29, 0.717) is 11.5 Å². The molecule has 3 aromatic heterocycles. The molecule has 0 atom stereocenters. The summed E-state index contributed by atoms with van der Waals surface area (Å²) in [5.74, 6) is 0.641. The standard InChI is InChI=1S/C54H33N3O/c1-4-14-34(15-5-1)39-24-27-48-44(31-39)45-30-37-20-10-11-21-38(37)33-49(45)57(48)47-28-26-41(42-22-12-13-23-43(42)47)40-25-29-50-46(32-40)51-52(35-16-6-2-7-17-35)55-53(56-54(51)58-50)36-18-8-3-9-19-36/h1-33H. The van der Waals surface area contributed by atoms with E-state index in [1.165, 1.54) is 54.5 Å². The first-order valence-corrected chi connectivity index (χ1v) is 19.7. The molecule has 4 nitrogen and oxygen atoms in total. The molecule has 0 amide bonds. The highest BCUT2D eigenvalue weighted by Gasteiger charge is 2.21. The molecule has 0 spiro atoms. The molecule has 0 aliphatic heterocycles. The van der Waals surface area contributed by atoms with Gasteiger partial charge in [-0.3, -0.25) is 0 Å².